The quantitative estimate of drug-likeness (QED) is 0.894. The van der Waals surface area contributed by atoms with Crippen LogP contribution < -0.4 is 10.5 Å². The molecule has 5 nitrogen and oxygen atoms in total. The number of sulfonamides is 1. The van der Waals surface area contributed by atoms with Crippen molar-refractivity contribution in [2.45, 2.75) is 18.2 Å². The highest BCUT2D eigenvalue weighted by Crippen LogP contribution is 2.30. The smallest absolute Gasteiger partial charge is 0.246 e. The normalized spacial score (nSPS) is 20.7. The van der Waals surface area contributed by atoms with Crippen LogP contribution in [0.2, 0.25) is 0 Å². The first-order valence-electron chi connectivity index (χ1n) is 6.34. The molecule has 1 atom stereocenters. The first-order valence-corrected chi connectivity index (χ1v) is 7.78. The molecule has 1 saturated heterocycles. The van der Waals surface area contributed by atoms with Crippen molar-refractivity contribution < 1.29 is 13.2 Å². The van der Waals surface area contributed by atoms with E-state index >= 15 is 0 Å². The second-order valence-electron chi connectivity index (χ2n) is 4.91. The molecule has 6 heteroatoms. The number of nitrogens with zero attached hydrogens (tertiary/aromatic N) is 1. The van der Waals surface area contributed by atoms with E-state index in [2.05, 4.69) is 0 Å². The van der Waals surface area contributed by atoms with Gasteiger partial charge in [-0.15, -0.1) is 0 Å². The maximum absolute atomic E-state index is 12.6. The second kappa shape index (κ2) is 5.48. The van der Waals surface area contributed by atoms with Crippen LogP contribution in [0.15, 0.2) is 23.1 Å². The van der Waals surface area contributed by atoms with E-state index in [0.717, 1.165) is 12.0 Å². The SMILES string of the molecule is COc1ccc(C)cc1S(=O)(=O)N1CCC(CN)C1. The summed E-state index contributed by atoms with van der Waals surface area (Å²) in [5.41, 5.74) is 6.51. The van der Waals surface area contributed by atoms with E-state index in [1.165, 1.54) is 11.4 Å². The average molecular weight is 284 g/mol. The fraction of sp³-hybridized carbons (Fsp3) is 0.538. The fourth-order valence-electron chi connectivity index (χ4n) is 2.33. The third-order valence-corrected chi connectivity index (χ3v) is 5.41. The summed E-state index contributed by atoms with van der Waals surface area (Å²) in [7, 11) is -2.01. The van der Waals surface area contributed by atoms with Crippen molar-refractivity contribution in [3.63, 3.8) is 0 Å². The van der Waals surface area contributed by atoms with Crippen LogP contribution in [0.3, 0.4) is 0 Å². The molecule has 1 aliphatic heterocycles. The van der Waals surface area contributed by atoms with Crippen molar-refractivity contribution in [3.8, 4) is 5.75 Å². The minimum Gasteiger partial charge on any atom is -0.495 e. The molecule has 0 amide bonds. The van der Waals surface area contributed by atoms with Gasteiger partial charge in [0.2, 0.25) is 10.0 Å². The summed E-state index contributed by atoms with van der Waals surface area (Å²) < 4.78 is 31.9. The molecule has 0 saturated carbocycles. The van der Waals surface area contributed by atoms with Gasteiger partial charge >= 0.3 is 0 Å². The summed E-state index contributed by atoms with van der Waals surface area (Å²) in [5, 5.41) is 0. The minimum atomic E-state index is -3.49. The number of benzene rings is 1. The van der Waals surface area contributed by atoms with Crippen LogP contribution in [0.5, 0.6) is 5.75 Å². The summed E-state index contributed by atoms with van der Waals surface area (Å²) >= 11 is 0. The molecular weight excluding hydrogens is 264 g/mol. The largest absolute Gasteiger partial charge is 0.495 e. The zero-order valence-corrected chi connectivity index (χ0v) is 12.1. The number of hydrogen-bond donors (Lipinski definition) is 1. The fourth-order valence-corrected chi connectivity index (χ4v) is 4.10. The van der Waals surface area contributed by atoms with E-state index < -0.39 is 10.0 Å². The van der Waals surface area contributed by atoms with Crippen molar-refractivity contribution in [3.05, 3.63) is 23.8 Å². The van der Waals surface area contributed by atoms with Gasteiger partial charge in [0, 0.05) is 13.1 Å². The molecule has 106 valence electrons. The van der Waals surface area contributed by atoms with Gasteiger partial charge in [0.05, 0.1) is 7.11 Å². The Labute approximate surface area is 114 Å². The number of aryl methyl sites for hydroxylation is 1. The molecule has 1 aromatic carbocycles. The maximum atomic E-state index is 12.6. The monoisotopic (exact) mass is 284 g/mol. The summed E-state index contributed by atoms with van der Waals surface area (Å²) in [4.78, 5) is 0.243. The lowest BCUT2D eigenvalue weighted by atomic mass is 10.1. The van der Waals surface area contributed by atoms with E-state index in [1.54, 1.807) is 12.1 Å². The number of methoxy groups -OCH3 is 1. The van der Waals surface area contributed by atoms with Gasteiger partial charge in [-0.05, 0) is 43.5 Å². The van der Waals surface area contributed by atoms with Crippen molar-refractivity contribution in [1.29, 1.82) is 0 Å². The first-order chi connectivity index (χ1) is 8.98. The maximum Gasteiger partial charge on any atom is 0.246 e. The average Bonchev–Trinajstić information content (AvgIpc) is 2.88. The van der Waals surface area contributed by atoms with E-state index in [-0.39, 0.29) is 10.8 Å². The van der Waals surface area contributed by atoms with Crippen LogP contribution in [-0.4, -0.2) is 39.5 Å². The summed E-state index contributed by atoms with van der Waals surface area (Å²) in [6.45, 7) is 3.42. The van der Waals surface area contributed by atoms with Crippen LogP contribution in [-0.2, 0) is 10.0 Å². The molecule has 1 unspecified atom stereocenters. The van der Waals surface area contributed by atoms with Gasteiger partial charge in [0.25, 0.3) is 0 Å². The van der Waals surface area contributed by atoms with Crippen LogP contribution in [0.4, 0.5) is 0 Å². The Morgan fingerprint density at radius 3 is 2.79 bits per heavy atom. The molecule has 0 aliphatic carbocycles. The zero-order chi connectivity index (χ0) is 14.0. The molecule has 0 radical (unpaired) electrons. The van der Waals surface area contributed by atoms with Crippen LogP contribution in [0, 0.1) is 12.8 Å². The molecule has 19 heavy (non-hydrogen) atoms. The van der Waals surface area contributed by atoms with Crippen LogP contribution in [0.25, 0.3) is 0 Å². The highest BCUT2D eigenvalue weighted by molar-refractivity contribution is 7.89. The van der Waals surface area contributed by atoms with Gasteiger partial charge < -0.3 is 10.5 Å². The number of rotatable bonds is 4. The van der Waals surface area contributed by atoms with Gasteiger partial charge in [-0.2, -0.15) is 4.31 Å². The van der Waals surface area contributed by atoms with Crippen molar-refractivity contribution in [2.75, 3.05) is 26.7 Å². The van der Waals surface area contributed by atoms with Crippen molar-refractivity contribution in [2.24, 2.45) is 11.7 Å². The number of ether oxygens (including phenoxy) is 1. The van der Waals surface area contributed by atoms with Crippen molar-refractivity contribution >= 4 is 10.0 Å². The predicted molar refractivity (Wildman–Crippen MR) is 73.7 cm³/mol. The third-order valence-electron chi connectivity index (χ3n) is 3.52. The Hall–Kier alpha value is -1.11. The molecule has 1 heterocycles. The van der Waals surface area contributed by atoms with E-state index in [1.807, 2.05) is 13.0 Å². The standard InChI is InChI=1S/C13H20N2O3S/c1-10-3-4-12(18-2)13(7-10)19(16,17)15-6-5-11(8-14)9-15/h3-4,7,11H,5-6,8-9,14H2,1-2H3. The lowest BCUT2D eigenvalue weighted by molar-refractivity contribution is 0.397. The van der Waals surface area contributed by atoms with Gasteiger partial charge in [0.15, 0.2) is 0 Å². The van der Waals surface area contributed by atoms with Crippen LogP contribution in [0.1, 0.15) is 12.0 Å². The van der Waals surface area contributed by atoms with Crippen molar-refractivity contribution in [1.82, 2.24) is 4.31 Å². The summed E-state index contributed by atoms with van der Waals surface area (Å²) in [6, 6.07) is 5.19. The minimum absolute atomic E-state index is 0.243. The Morgan fingerprint density at radius 1 is 1.47 bits per heavy atom. The molecule has 2 N–H and O–H groups in total. The van der Waals surface area contributed by atoms with Gasteiger partial charge in [-0.3, -0.25) is 0 Å². The molecule has 1 aliphatic rings. The van der Waals surface area contributed by atoms with E-state index in [9.17, 15) is 8.42 Å². The third kappa shape index (κ3) is 2.75. The Balaban J connectivity index is 2.37. The van der Waals surface area contributed by atoms with Gasteiger partial charge in [-0.1, -0.05) is 6.07 Å². The number of nitrogens with two attached hydrogens (primary N) is 1. The van der Waals surface area contributed by atoms with E-state index in [0.29, 0.717) is 25.4 Å². The highest BCUT2D eigenvalue weighted by atomic mass is 32.2. The second-order valence-corrected chi connectivity index (χ2v) is 6.81. The Morgan fingerprint density at radius 2 is 2.21 bits per heavy atom. The van der Waals surface area contributed by atoms with Crippen LogP contribution >= 0.6 is 0 Å². The lowest BCUT2D eigenvalue weighted by Gasteiger charge is -2.18. The molecule has 0 aromatic heterocycles. The molecular formula is C13H20N2O3S. The molecule has 0 bridgehead atoms. The van der Waals surface area contributed by atoms with Gasteiger partial charge in [0.1, 0.15) is 10.6 Å². The van der Waals surface area contributed by atoms with Gasteiger partial charge in [-0.25, -0.2) is 8.42 Å². The topological polar surface area (TPSA) is 72.6 Å². The Bertz CT molecular complexity index is 557. The number of hydrogen-bond acceptors (Lipinski definition) is 4. The summed E-state index contributed by atoms with van der Waals surface area (Å²) in [6.07, 6.45) is 0.823. The molecule has 1 aromatic rings. The predicted octanol–water partition coefficient (Wildman–Crippen LogP) is 0.973. The molecule has 0 spiro atoms. The Kier molecular flexibility index (Phi) is 4.13. The molecule has 1 fully saturated rings. The molecule has 2 rings (SSSR count). The zero-order valence-electron chi connectivity index (χ0n) is 11.3. The lowest BCUT2D eigenvalue weighted by Crippen LogP contribution is -2.30. The first kappa shape index (κ1) is 14.3. The highest BCUT2D eigenvalue weighted by Gasteiger charge is 2.33. The summed E-state index contributed by atoms with van der Waals surface area (Å²) in [5.74, 6) is 0.646. The van der Waals surface area contributed by atoms with E-state index in [4.69, 9.17) is 10.5 Å².